The van der Waals surface area contributed by atoms with Gasteiger partial charge in [0.15, 0.2) is 5.75 Å². The lowest BCUT2D eigenvalue weighted by molar-refractivity contribution is -0.0499. The molecule has 0 aliphatic carbocycles. The van der Waals surface area contributed by atoms with Crippen molar-refractivity contribution < 1.29 is 30.2 Å². The lowest BCUT2D eigenvalue weighted by Gasteiger charge is -2.13. The molecule has 0 radical (unpaired) electrons. The largest absolute Gasteiger partial charge is 0.534 e. The second kappa shape index (κ2) is 5.18. The Bertz CT molecular complexity index is 782. The van der Waals surface area contributed by atoms with Gasteiger partial charge in [-0.15, -0.1) is 0 Å². The number of rotatable bonds is 3. The standard InChI is InChI=1S/C13H10F4O3S/c1-2-8-5-9-3-4-10(14)7-11(9)12(6-8)20-21(18,19)13(15,16)17/h3-7H,2H2,1H3. The molecule has 3 nitrogen and oxygen atoms in total. The number of benzene rings is 2. The summed E-state index contributed by atoms with van der Waals surface area (Å²) in [5.74, 6) is -1.25. The van der Waals surface area contributed by atoms with Crippen molar-refractivity contribution in [2.75, 3.05) is 0 Å². The predicted molar refractivity (Wildman–Crippen MR) is 68.9 cm³/mol. The molecule has 0 aromatic heterocycles. The minimum absolute atomic E-state index is 0.0416. The maximum Gasteiger partial charge on any atom is 0.534 e. The van der Waals surface area contributed by atoms with Crippen LogP contribution in [0.1, 0.15) is 12.5 Å². The number of halogens is 4. The third-order valence-corrected chi connectivity index (χ3v) is 3.80. The van der Waals surface area contributed by atoms with Crippen LogP contribution in [0.3, 0.4) is 0 Å². The van der Waals surface area contributed by atoms with Gasteiger partial charge in [0.2, 0.25) is 0 Å². The van der Waals surface area contributed by atoms with Crippen molar-refractivity contribution in [2.24, 2.45) is 0 Å². The van der Waals surface area contributed by atoms with Crippen molar-refractivity contribution >= 4 is 20.9 Å². The molecule has 0 aliphatic heterocycles. The van der Waals surface area contributed by atoms with E-state index >= 15 is 0 Å². The van der Waals surface area contributed by atoms with Crippen molar-refractivity contribution in [3.8, 4) is 5.75 Å². The van der Waals surface area contributed by atoms with Crippen LogP contribution in [0, 0.1) is 5.82 Å². The molecule has 0 saturated carbocycles. The van der Waals surface area contributed by atoms with E-state index in [1.807, 2.05) is 0 Å². The summed E-state index contributed by atoms with van der Waals surface area (Å²) in [6.07, 6.45) is 0.454. The van der Waals surface area contributed by atoms with Gasteiger partial charge in [-0.2, -0.15) is 21.6 Å². The SMILES string of the molecule is CCc1cc(OS(=O)(=O)C(F)(F)F)c2cc(F)ccc2c1. The van der Waals surface area contributed by atoms with Crippen LogP contribution in [-0.2, 0) is 16.5 Å². The topological polar surface area (TPSA) is 43.4 Å². The average molecular weight is 322 g/mol. The molecule has 0 unspecified atom stereocenters. The van der Waals surface area contributed by atoms with Crippen molar-refractivity contribution in [3.05, 3.63) is 41.7 Å². The monoisotopic (exact) mass is 322 g/mol. The van der Waals surface area contributed by atoms with E-state index in [2.05, 4.69) is 4.18 Å². The highest BCUT2D eigenvalue weighted by molar-refractivity contribution is 7.88. The predicted octanol–water partition coefficient (Wildman–Crippen LogP) is 3.77. The maximum absolute atomic E-state index is 13.2. The second-order valence-electron chi connectivity index (χ2n) is 4.30. The molecule has 2 rings (SSSR count). The summed E-state index contributed by atoms with van der Waals surface area (Å²) in [5.41, 5.74) is -4.98. The van der Waals surface area contributed by atoms with Gasteiger partial charge in [0.05, 0.1) is 0 Å². The number of alkyl halides is 3. The smallest absolute Gasteiger partial charge is 0.375 e. The van der Waals surface area contributed by atoms with Gasteiger partial charge in [-0.3, -0.25) is 0 Å². The van der Waals surface area contributed by atoms with Gasteiger partial charge < -0.3 is 4.18 Å². The fourth-order valence-electron chi connectivity index (χ4n) is 1.79. The van der Waals surface area contributed by atoms with Gasteiger partial charge in [-0.25, -0.2) is 4.39 Å². The summed E-state index contributed by atoms with van der Waals surface area (Å²) in [6.45, 7) is 1.74. The average Bonchev–Trinajstić information content (AvgIpc) is 2.37. The Labute approximate surface area is 118 Å². The van der Waals surface area contributed by atoms with Gasteiger partial charge in [-0.1, -0.05) is 19.1 Å². The zero-order valence-electron chi connectivity index (χ0n) is 10.7. The Kier molecular flexibility index (Phi) is 3.83. The second-order valence-corrected chi connectivity index (χ2v) is 5.83. The van der Waals surface area contributed by atoms with Crippen LogP contribution >= 0.6 is 0 Å². The fraction of sp³-hybridized carbons (Fsp3) is 0.231. The van der Waals surface area contributed by atoms with Gasteiger partial charge in [0, 0.05) is 5.39 Å². The van der Waals surface area contributed by atoms with Crippen LogP contribution in [0.2, 0.25) is 0 Å². The van der Waals surface area contributed by atoms with Crippen molar-refractivity contribution in [1.82, 2.24) is 0 Å². The van der Waals surface area contributed by atoms with Crippen molar-refractivity contribution in [1.29, 1.82) is 0 Å². The molecule has 114 valence electrons. The molecule has 2 aromatic carbocycles. The fourth-order valence-corrected chi connectivity index (χ4v) is 2.26. The summed E-state index contributed by atoms with van der Waals surface area (Å²) in [4.78, 5) is 0. The van der Waals surface area contributed by atoms with Crippen LogP contribution in [0.4, 0.5) is 17.6 Å². The molecule has 0 bridgehead atoms. The zero-order valence-corrected chi connectivity index (χ0v) is 11.6. The van der Waals surface area contributed by atoms with Crippen molar-refractivity contribution in [2.45, 2.75) is 18.9 Å². The van der Waals surface area contributed by atoms with Gasteiger partial charge in [0.1, 0.15) is 5.82 Å². The minimum Gasteiger partial charge on any atom is -0.375 e. The summed E-state index contributed by atoms with van der Waals surface area (Å²) >= 11 is 0. The molecule has 8 heteroatoms. The Morgan fingerprint density at radius 1 is 1.14 bits per heavy atom. The first-order valence-corrected chi connectivity index (χ1v) is 7.28. The van der Waals surface area contributed by atoms with Crippen LogP contribution in [0.15, 0.2) is 30.3 Å². The lowest BCUT2D eigenvalue weighted by Crippen LogP contribution is -2.28. The lowest BCUT2D eigenvalue weighted by atomic mass is 10.0. The third kappa shape index (κ3) is 3.10. The number of hydrogen-bond donors (Lipinski definition) is 0. The summed E-state index contributed by atoms with van der Waals surface area (Å²) < 4.78 is 76.8. The van der Waals surface area contributed by atoms with E-state index < -0.39 is 27.2 Å². The maximum atomic E-state index is 13.2. The van der Waals surface area contributed by atoms with E-state index in [0.717, 1.165) is 18.2 Å². The van der Waals surface area contributed by atoms with E-state index in [1.54, 1.807) is 13.0 Å². The first-order valence-electron chi connectivity index (χ1n) is 5.87. The summed E-state index contributed by atoms with van der Waals surface area (Å²) in [6, 6.07) is 6.18. The quantitative estimate of drug-likeness (QED) is 0.491. The van der Waals surface area contributed by atoms with Gasteiger partial charge in [0.25, 0.3) is 0 Å². The van der Waals surface area contributed by atoms with Gasteiger partial charge in [-0.05, 0) is 35.6 Å². The molecule has 0 atom stereocenters. The molecular formula is C13H10F4O3S. The normalized spacial score (nSPS) is 12.6. The molecule has 0 amide bonds. The Morgan fingerprint density at radius 3 is 2.38 bits per heavy atom. The summed E-state index contributed by atoms with van der Waals surface area (Å²) in [7, 11) is -5.80. The molecule has 0 saturated heterocycles. The molecule has 21 heavy (non-hydrogen) atoms. The van der Waals surface area contributed by atoms with Crippen LogP contribution in [-0.4, -0.2) is 13.9 Å². The molecule has 2 aromatic rings. The molecule has 0 fully saturated rings. The van der Waals surface area contributed by atoms with E-state index in [9.17, 15) is 26.0 Å². The number of hydrogen-bond acceptors (Lipinski definition) is 3. The van der Waals surface area contributed by atoms with E-state index in [1.165, 1.54) is 6.07 Å². The van der Waals surface area contributed by atoms with Gasteiger partial charge >= 0.3 is 15.6 Å². The Balaban J connectivity index is 2.64. The highest BCUT2D eigenvalue weighted by Gasteiger charge is 2.48. The van der Waals surface area contributed by atoms with E-state index in [4.69, 9.17) is 0 Å². The van der Waals surface area contributed by atoms with Crippen LogP contribution < -0.4 is 4.18 Å². The third-order valence-electron chi connectivity index (χ3n) is 2.83. The molecule has 0 spiro atoms. The van der Waals surface area contributed by atoms with E-state index in [0.29, 0.717) is 17.4 Å². The van der Waals surface area contributed by atoms with Crippen LogP contribution in [0.25, 0.3) is 10.8 Å². The number of fused-ring (bicyclic) bond motifs is 1. The molecule has 0 N–H and O–H groups in total. The first-order chi connectivity index (χ1) is 9.64. The number of aryl methyl sites for hydroxylation is 1. The zero-order chi connectivity index (χ0) is 15.8. The Morgan fingerprint density at radius 2 is 1.81 bits per heavy atom. The van der Waals surface area contributed by atoms with E-state index in [-0.39, 0.29) is 5.39 Å². The highest BCUT2D eigenvalue weighted by atomic mass is 32.2. The molecule has 0 aliphatic rings. The molecular weight excluding hydrogens is 312 g/mol. The van der Waals surface area contributed by atoms with Crippen molar-refractivity contribution in [3.63, 3.8) is 0 Å². The summed E-state index contributed by atoms with van der Waals surface area (Å²) in [5, 5.41) is 0.350. The highest BCUT2D eigenvalue weighted by Crippen LogP contribution is 2.33. The first kappa shape index (κ1) is 15.6. The molecule has 0 heterocycles. The Hall–Kier alpha value is -1.83. The van der Waals surface area contributed by atoms with Crippen LogP contribution in [0.5, 0.6) is 5.75 Å². The minimum atomic E-state index is -5.80.